The molecule has 1 fully saturated rings. The maximum absolute atomic E-state index is 12.9. The molecule has 3 aromatic rings. The predicted octanol–water partition coefficient (Wildman–Crippen LogP) is 2.59. The Bertz CT molecular complexity index is 1090. The second kappa shape index (κ2) is 7.41. The van der Waals surface area contributed by atoms with Crippen LogP contribution in [0.5, 0.6) is 5.75 Å². The van der Waals surface area contributed by atoms with Gasteiger partial charge in [-0.3, -0.25) is 4.90 Å². The average molecular weight is 399 g/mol. The summed E-state index contributed by atoms with van der Waals surface area (Å²) in [5.74, 6) is -0.00292. The van der Waals surface area contributed by atoms with Crippen LogP contribution in [0, 0.1) is 0 Å². The Morgan fingerprint density at radius 3 is 1.96 bits per heavy atom. The summed E-state index contributed by atoms with van der Waals surface area (Å²) in [6.45, 7) is 1.60. The highest BCUT2D eigenvalue weighted by Crippen LogP contribution is 2.37. The van der Waals surface area contributed by atoms with E-state index in [4.69, 9.17) is 4.74 Å². The summed E-state index contributed by atoms with van der Waals surface area (Å²) in [5, 5.41) is 13.1. The number of rotatable bonds is 4. The highest BCUT2D eigenvalue weighted by Gasteiger charge is 2.23. The van der Waals surface area contributed by atoms with E-state index >= 15 is 0 Å². The second-order valence-electron chi connectivity index (χ2n) is 6.94. The van der Waals surface area contributed by atoms with E-state index in [1.807, 2.05) is 29.2 Å². The third kappa shape index (κ3) is 3.55. The molecule has 1 aliphatic heterocycles. The molecule has 0 unspecified atom stereocenters. The van der Waals surface area contributed by atoms with Crippen molar-refractivity contribution in [3.8, 4) is 5.75 Å². The number of hydrogen-bond donors (Lipinski definition) is 1. The highest BCUT2D eigenvalue weighted by molar-refractivity contribution is 7.91. The van der Waals surface area contributed by atoms with Crippen molar-refractivity contribution in [2.24, 2.45) is 0 Å². The minimum Gasteiger partial charge on any atom is -0.507 e. The van der Waals surface area contributed by atoms with E-state index in [1.165, 1.54) is 0 Å². The maximum Gasteiger partial charge on any atom is 0.339 e. The molecule has 0 aromatic heterocycles. The average Bonchev–Trinajstić information content (AvgIpc) is 2.70. The molecule has 7 heteroatoms. The first-order chi connectivity index (χ1) is 13.5. The zero-order chi connectivity index (χ0) is 19.7. The number of esters is 1. The first-order valence-electron chi connectivity index (χ1n) is 9.18. The molecule has 0 amide bonds. The highest BCUT2D eigenvalue weighted by atomic mass is 32.2. The van der Waals surface area contributed by atoms with Gasteiger partial charge in [-0.05, 0) is 0 Å². The zero-order valence-electron chi connectivity index (χ0n) is 15.3. The third-order valence-corrected chi connectivity index (χ3v) is 6.79. The van der Waals surface area contributed by atoms with Gasteiger partial charge in [-0.1, -0.05) is 48.5 Å². The number of benzene rings is 3. The second-order valence-corrected chi connectivity index (χ2v) is 9.25. The Kier molecular flexibility index (Phi) is 4.95. The Morgan fingerprint density at radius 1 is 0.929 bits per heavy atom. The third-order valence-electron chi connectivity index (χ3n) is 5.18. The fraction of sp³-hybridized carbons (Fsp3) is 0.286. The molecule has 6 nitrogen and oxygen atoms in total. The van der Waals surface area contributed by atoms with Crippen LogP contribution in [0.2, 0.25) is 0 Å². The molecular formula is C21H21NO5S. The van der Waals surface area contributed by atoms with Gasteiger partial charge < -0.3 is 9.84 Å². The molecule has 0 bridgehead atoms. The minimum atomic E-state index is -2.93. The number of sulfone groups is 1. The van der Waals surface area contributed by atoms with Crippen LogP contribution < -0.4 is 0 Å². The van der Waals surface area contributed by atoms with Crippen molar-refractivity contribution >= 4 is 37.4 Å². The summed E-state index contributed by atoms with van der Waals surface area (Å²) < 4.78 is 28.5. The van der Waals surface area contributed by atoms with Crippen molar-refractivity contribution in [3.63, 3.8) is 0 Å². The Morgan fingerprint density at radius 2 is 1.43 bits per heavy atom. The first kappa shape index (κ1) is 18.7. The molecule has 0 radical (unpaired) electrons. The molecule has 1 saturated heterocycles. The van der Waals surface area contributed by atoms with Crippen molar-refractivity contribution < 1.29 is 23.1 Å². The van der Waals surface area contributed by atoms with Crippen molar-refractivity contribution in [1.29, 1.82) is 0 Å². The van der Waals surface area contributed by atoms with Gasteiger partial charge in [0.1, 0.15) is 12.4 Å². The van der Waals surface area contributed by atoms with E-state index in [1.54, 1.807) is 24.3 Å². The van der Waals surface area contributed by atoms with Crippen LogP contribution in [0.1, 0.15) is 10.4 Å². The van der Waals surface area contributed by atoms with E-state index in [0.717, 1.165) is 0 Å². The summed E-state index contributed by atoms with van der Waals surface area (Å²) in [6.07, 6.45) is 0. The van der Waals surface area contributed by atoms with Crippen molar-refractivity contribution in [3.05, 3.63) is 54.1 Å². The molecule has 28 heavy (non-hydrogen) atoms. The number of aromatic hydroxyl groups is 1. The standard InChI is InChI=1S/C21H21NO5S/c23-20-17-7-3-1-5-15(17)19(16-6-2-4-8-18(16)20)21(24)27-12-9-22-10-13-28(25,26)14-11-22/h1-8,23H,9-14H2. The zero-order valence-corrected chi connectivity index (χ0v) is 16.1. The smallest absolute Gasteiger partial charge is 0.339 e. The summed E-state index contributed by atoms with van der Waals surface area (Å²) in [6, 6.07) is 14.4. The van der Waals surface area contributed by atoms with Gasteiger partial charge in [-0.25, -0.2) is 13.2 Å². The van der Waals surface area contributed by atoms with Crippen molar-refractivity contribution in [1.82, 2.24) is 4.90 Å². The fourth-order valence-electron chi connectivity index (χ4n) is 3.64. The molecule has 3 aromatic carbocycles. The summed E-state index contributed by atoms with van der Waals surface area (Å²) in [7, 11) is -2.93. The quantitative estimate of drug-likeness (QED) is 0.536. The van der Waals surface area contributed by atoms with Crippen LogP contribution in [0.15, 0.2) is 48.5 Å². The molecule has 1 heterocycles. The fourth-order valence-corrected chi connectivity index (χ4v) is 4.92. The Labute approximate surface area is 163 Å². The van der Waals surface area contributed by atoms with Gasteiger partial charge in [0.15, 0.2) is 9.84 Å². The number of ether oxygens (including phenoxy) is 1. The lowest BCUT2D eigenvalue weighted by Crippen LogP contribution is -2.41. The Balaban J connectivity index is 1.58. The van der Waals surface area contributed by atoms with Crippen LogP contribution in [-0.4, -0.2) is 62.1 Å². The Hall–Kier alpha value is -2.64. The SMILES string of the molecule is O=C(OCCN1CCS(=O)(=O)CC1)c1c2ccccc2c(O)c2ccccc12. The number of carbonyl (C=O) groups excluding carboxylic acids is 1. The van der Waals surface area contributed by atoms with Gasteiger partial charge >= 0.3 is 5.97 Å². The topological polar surface area (TPSA) is 83.9 Å². The number of carbonyl (C=O) groups is 1. The lowest BCUT2D eigenvalue weighted by atomic mass is 9.96. The molecule has 0 saturated carbocycles. The van der Waals surface area contributed by atoms with E-state index < -0.39 is 15.8 Å². The molecule has 1 aliphatic rings. The van der Waals surface area contributed by atoms with Crippen LogP contribution in [-0.2, 0) is 14.6 Å². The van der Waals surface area contributed by atoms with Crippen molar-refractivity contribution in [2.45, 2.75) is 0 Å². The molecule has 146 valence electrons. The minimum absolute atomic E-state index is 0.147. The molecule has 0 atom stereocenters. The molecule has 4 rings (SSSR count). The number of nitrogens with zero attached hydrogens (tertiary/aromatic N) is 1. The van der Waals surface area contributed by atoms with E-state index in [0.29, 0.717) is 46.7 Å². The van der Waals surface area contributed by atoms with Crippen LogP contribution in [0.4, 0.5) is 0 Å². The molecular weight excluding hydrogens is 378 g/mol. The van der Waals surface area contributed by atoms with Crippen LogP contribution in [0.25, 0.3) is 21.5 Å². The van der Waals surface area contributed by atoms with Gasteiger partial charge in [-0.15, -0.1) is 0 Å². The molecule has 0 aliphatic carbocycles. The predicted molar refractivity (Wildman–Crippen MR) is 108 cm³/mol. The van der Waals surface area contributed by atoms with Gasteiger partial charge in [-0.2, -0.15) is 0 Å². The molecule has 0 spiro atoms. The largest absolute Gasteiger partial charge is 0.507 e. The monoisotopic (exact) mass is 399 g/mol. The lowest BCUT2D eigenvalue weighted by molar-refractivity contribution is 0.0470. The van der Waals surface area contributed by atoms with Crippen molar-refractivity contribution in [2.75, 3.05) is 37.7 Å². The number of fused-ring (bicyclic) bond motifs is 2. The van der Waals surface area contributed by atoms with Gasteiger partial charge in [0.25, 0.3) is 0 Å². The van der Waals surface area contributed by atoms with Gasteiger partial charge in [0, 0.05) is 41.2 Å². The summed E-state index contributed by atoms with van der Waals surface area (Å²) in [5.41, 5.74) is 0.435. The van der Waals surface area contributed by atoms with Gasteiger partial charge in [0.05, 0.1) is 17.1 Å². The summed E-state index contributed by atoms with van der Waals surface area (Å²) in [4.78, 5) is 14.9. The first-order valence-corrected chi connectivity index (χ1v) is 11.0. The maximum atomic E-state index is 12.9. The van der Waals surface area contributed by atoms with E-state index in [-0.39, 0.29) is 23.9 Å². The lowest BCUT2D eigenvalue weighted by Gasteiger charge is -2.26. The van der Waals surface area contributed by atoms with Crippen LogP contribution in [0.3, 0.4) is 0 Å². The van der Waals surface area contributed by atoms with Gasteiger partial charge in [0.2, 0.25) is 0 Å². The number of hydrogen-bond acceptors (Lipinski definition) is 6. The number of phenols is 1. The van der Waals surface area contributed by atoms with Crippen LogP contribution >= 0.6 is 0 Å². The molecule has 1 N–H and O–H groups in total. The van der Waals surface area contributed by atoms with E-state index in [9.17, 15) is 18.3 Å². The number of phenolic OH excluding ortho intramolecular Hbond substituents is 1. The summed E-state index contributed by atoms with van der Waals surface area (Å²) >= 11 is 0. The normalized spacial score (nSPS) is 17.0. The van der Waals surface area contributed by atoms with E-state index in [2.05, 4.69) is 0 Å².